The molecular weight excluding hydrogens is 420 g/mol. The van der Waals surface area contributed by atoms with Gasteiger partial charge in [-0.2, -0.15) is 4.99 Å². The summed E-state index contributed by atoms with van der Waals surface area (Å²) in [6.07, 6.45) is 8.52. The number of aromatic nitrogens is 1. The van der Waals surface area contributed by atoms with Gasteiger partial charge in [0, 0.05) is 15.6 Å². The summed E-state index contributed by atoms with van der Waals surface area (Å²) in [7, 11) is 0. The minimum Gasteiger partial charge on any atom is -0.305 e. The lowest BCUT2D eigenvalue weighted by Gasteiger charge is -1.99. The molecule has 0 aliphatic carbocycles. The molecule has 0 aliphatic heterocycles. The minimum absolute atomic E-state index is 0.349. The zero-order chi connectivity index (χ0) is 17.8. The van der Waals surface area contributed by atoms with Crippen molar-refractivity contribution in [2.45, 2.75) is 6.54 Å². The smallest absolute Gasteiger partial charge is 0.272 e. The van der Waals surface area contributed by atoms with Crippen molar-refractivity contribution in [3.63, 3.8) is 0 Å². The highest BCUT2D eigenvalue weighted by Crippen LogP contribution is 2.22. The molecule has 0 spiro atoms. The SMILES string of the molecule is C#CCn1c(=NC(=O)C=Cc2ccccc2Cl)sc2cc(Br)ccc21. The molecule has 0 aliphatic rings. The summed E-state index contributed by atoms with van der Waals surface area (Å²) in [5.74, 6) is 2.24. The highest BCUT2D eigenvalue weighted by atomic mass is 79.9. The van der Waals surface area contributed by atoms with Crippen LogP contribution < -0.4 is 4.80 Å². The Morgan fingerprint density at radius 2 is 2.16 bits per heavy atom. The van der Waals surface area contributed by atoms with E-state index in [0.29, 0.717) is 16.4 Å². The fourth-order valence-corrected chi connectivity index (χ4v) is 4.06. The molecule has 2 aromatic carbocycles. The monoisotopic (exact) mass is 430 g/mol. The van der Waals surface area contributed by atoms with Gasteiger partial charge in [-0.05, 0) is 35.9 Å². The molecule has 124 valence electrons. The van der Waals surface area contributed by atoms with Crippen LogP contribution in [0, 0.1) is 12.3 Å². The Morgan fingerprint density at radius 1 is 1.36 bits per heavy atom. The van der Waals surface area contributed by atoms with Gasteiger partial charge >= 0.3 is 0 Å². The van der Waals surface area contributed by atoms with Crippen LogP contribution in [0.2, 0.25) is 5.02 Å². The first-order valence-electron chi connectivity index (χ1n) is 7.32. The van der Waals surface area contributed by atoms with Gasteiger partial charge in [0.1, 0.15) is 0 Å². The van der Waals surface area contributed by atoms with Crippen LogP contribution in [0.25, 0.3) is 16.3 Å². The lowest BCUT2D eigenvalue weighted by molar-refractivity contribution is -0.113. The van der Waals surface area contributed by atoms with Gasteiger partial charge in [-0.1, -0.05) is 63.0 Å². The van der Waals surface area contributed by atoms with E-state index < -0.39 is 0 Å². The van der Waals surface area contributed by atoms with Crippen molar-refractivity contribution in [3.8, 4) is 12.3 Å². The molecule has 1 heterocycles. The first kappa shape index (κ1) is 17.7. The third-order valence-electron chi connectivity index (χ3n) is 3.41. The Labute approximate surface area is 162 Å². The summed E-state index contributed by atoms with van der Waals surface area (Å²) >= 11 is 11.0. The van der Waals surface area contributed by atoms with E-state index in [4.69, 9.17) is 18.0 Å². The van der Waals surface area contributed by atoms with Crippen LogP contribution in [0.5, 0.6) is 0 Å². The number of hydrogen-bond donors (Lipinski definition) is 0. The molecule has 0 saturated carbocycles. The van der Waals surface area contributed by atoms with Gasteiger partial charge in [0.25, 0.3) is 5.91 Å². The number of benzene rings is 2. The molecule has 3 nitrogen and oxygen atoms in total. The van der Waals surface area contributed by atoms with Crippen LogP contribution in [0.4, 0.5) is 0 Å². The van der Waals surface area contributed by atoms with Crippen molar-refractivity contribution in [1.29, 1.82) is 0 Å². The lowest BCUT2D eigenvalue weighted by Crippen LogP contribution is -2.15. The summed E-state index contributed by atoms with van der Waals surface area (Å²) in [6.45, 7) is 0.349. The number of thiazole rings is 1. The van der Waals surface area contributed by atoms with Crippen molar-refractivity contribution < 1.29 is 4.79 Å². The van der Waals surface area contributed by atoms with Crippen LogP contribution in [0.15, 0.2) is 58.0 Å². The first-order chi connectivity index (χ1) is 12.1. The van der Waals surface area contributed by atoms with Crippen molar-refractivity contribution in [2.24, 2.45) is 4.99 Å². The number of fused-ring (bicyclic) bond motifs is 1. The molecular formula is C19H12BrClN2OS. The topological polar surface area (TPSA) is 34.4 Å². The van der Waals surface area contributed by atoms with Gasteiger partial charge in [-0.25, -0.2) is 0 Å². The van der Waals surface area contributed by atoms with Gasteiger partial charge in [-0.15, -0.1) is 6.42 Å². The van der Waals surface area contributed by atoms with Crippen LogP contribution in [-0.2, 0) is 11.3 Å². The van der Waals surface area contributed by atoms with Gasteiger partial charge in [0.15, 0.2) is 4.80 Å². The number of nitrogens with zero attached hydrogens (tertiary/aromatic N) is 2. The van der Waals surface area contributed by atoms with E-state index in [-0.39, 0.29) is 5.91 Å². The normalized spacial score (nSPS) is 12.0. The van der Waals surface area contributed by atoms with Gasteiger partial charge in [-0.3, -0.25) is 4.79 Å². The highest BCUT2D eigenvalue weighted by Gasteiger charge is 2.07. The second kappa shape index (κ2) is 7.83. The van der Waals surface area contributed by atoms with Crippen molar-refractivity contribution >= 4 is 61.1 Å². The van der Waals surface area contributed by atoms with E-state index in [2.05, 4.69) is 26.8 Å². The third kappa shape index (κ3) is 4.10. The van der Waals surface area contributed by atoms with E-state index in [0.717, 1.165) is 20.3 Å². The second-order valence-electron chi connectivity index (χ2n) is 5.09. The third-order valence-corrected chi connectivity index (χ3v) is 5.29. The Hall–Kier alpha value is -2.13. The van der Waals surface area contributed by atoms with Gasteiger partial charge in [0.05, 0.1) is 16.8 Å². The predicted molar refractivity (Wildman–Crippen MR) is 107 cm³/mol. The number of hydrogen-bond acceptors (Lipinski definition) is 2. The maximum Gasteiger partial charge on any atom is 0.272 e. The zero-order valence-electron chi connectivity index (χ0n) is 12.9. The summed E-state index contributed by atoms with van der Waals surface area (Å²) in [5.41, 5.74) is 1.72. The number of carbonyl (C=O) groups is 1. The molecule has 0 fully saturated rings. The molecule has 3 aromatic rings. The Bertz CT molecular complexity index is 1090. The summed E-state index contributed by atoms with van der Waals surface area (Å²) < 4.78 is 3.82. The molecule has 0 bridgehead atoms. The molecule has 0 atom stereocenters. The molecule has 6 heteroatoms. The average molecular weight is 432 g/mol. The highest BCUT2D eigenvalue weighted by molar-refractivity contribution is 9.10. The molecule has 1 aromatic heterocycles. The van der Waals surface area contributed by atoms with Crippen LogP contribution >= 0.6 is 38.9 Å². The standard InChI is InChI=1S/C19H12BrClN2OS/c1-2-11-23-16-9-8-14(20)12-17(16)25-19(23)22-18(24)10-7-13-5-3-4-6-15(13)21/h1,3-10,12H,11H2. The lowest BCUT2D eigenvalue weighted by atomic mass is 10.2. The molecule has 3 rings (SSSR count). The summed E-state index contributed by atoms with van der Waals surface area (Å²) in [6, 6.07) is 13.2. The van der Waals surface area contributed by atoms with Crippen molar-refractivity contribution in [3.05, 3.63) is 68.4 Å². The van der Waals surface area contributed by atoms with Crippen molar-refractivity contribution in [1.82, 2.24) is 4.57 Å². The number of rotatable bonds is 3. The van der Waals surface area contributed by atoms with Crippen LogP contribution in [0.1, 0.15) is 5.56 Å². The minimum atomic E-state index is -0.365. The zero-order valence-corrected chi connectivity index (χ0v) is 16.1. The Kier molecular flexibility index (Phi) is 5.54. The maximum atomic E-state index is 12.2. The molecule has 0 saturated heterocycles. The molecule has 0 unspecified atom stereocenters. The Balaban J connectivity index is 2.00. The van der Waals surface area contributed by atoms with E-state index in [1.165, 1.54) is 17.4 Å². The maximum absolute atomic E-state index is 12.2. The van der Waals surface area contributed by atoms with E-state index >= 15 is 0 Å². The predicted octanol–water partition coefficient (Wildman–Crippen LogP) is 4.89. The molecule has 1 amide bonds. The van der Waals surface area contributed by atoms with Crippen LogP contribution in [0.3, 0.4) is 0 Å². The number of carbonyl (C=O) groups excluding carboxylic acids is 1. The quantitative estimate of drug-likeness (QED) is 0.429. The fourth-order valence-electron chi connectivity index (χ4n) is 2.28. The largest absolute Gasteiger partial charge is 0.305 e. The van der Waals surface area contributed by atoms with E-state index in [1.54, 1.807) is 12.1 Å². The fraction of sp³-hybridized carbons (Fsp3) is 0.0526. The summed E-state index contributed by atoms with van der Waals surface area (Å²) in [4.78, 5) is 17.0. The van der Waals surface area contributed by atoms with Gasteiger partial charge in [0.2, 0.25) is 0 Å². The number of terminal acetylenes is 1. The average Bonchev–Trinajstić information content (AvgIpc) is 2.91. The van der Waals surface area contributed by atoms with E-state index in [9.17, 15) is 4.79 Å². The molecule has 0 N–H and O–H groups in total. The van der Waals surface area contributed by atoms with Crippen molar-refractivity contribution in [2.75, 3.05) is 0 Å². The molecule has 25 heavy (non-hydrogen) atoms. The Morgan fingerprint density at radius 3 is 2.92 bits per heavy atom. The van der Waals surface area contributed by atoms with E-state index in [1.807, 2.05) is 41.0 Å². The van der Waals surface area contributed by atoms with Crippen LogP contribution in [-0.4, -0.2) is 10.5 Å². The second-order valence-corrected chi connectivity index (χ2v) is 7.42. The molecule has 0 radical (unpaired) electrons. The number of halogens is 2. The first-order valence-corrected chi connectivity index (χ1v) is 9.31. The van der Waals surface area contributed by atoms with Gasteiger partial charge < -0.3 is 4.57 Å². The number of amides is 1. The summed E-state index contributed by atoms with van der Waals surface area (Å²) in [5, 5.41) is 0.584.